The van der Waals surface area contributed by atoms with Crippen molar-refractivity contribution in [3.05, 3.63) is 0 Å². The number of hydrogen-bond acceptors (Lipinski definition) is 3. The second-order valence-corrected chi connectivity index (χ2v) is 3.56. The number of nitrogens with two attached hydrogens (primary N) is 1. The number of primary amides is 1. The lowest BCUT2D eigenvalue weighted by molar-refractivity contribution is -0.124. The second-order valence-electron chi connectivity index (χ2n) is 3.56. The molecule has 0 radical (unpaired) electrons. The molecule has 0 saturated carbocycles. The summed E-state index contributed by atoms with van der Waals surface area (Å²) in [5.41, 5.74) is 4.72. The van der Waals surface area contributed by atoms with Crippen molar-refractivity contribution in [2.24, 2.45) is 5.73 Å². The van der Waals surface area contributed by atoms with Gasteiger partial charge >= 0.3 is 0 Å². The summed E-state index contributed by atoms with van der Waals surface area (Å²) in [6, 6.07) is 0. The van der Waals surface area contributed by atoms with Crippen molar-refractivity contribution >= 4 is 5.91 Å². The Morgan fingerprint density at radius 2 is 2.08 bits per heavy atom. The van der Waals surface area contributed by atoms with E-state index in [1.165, 1.54) is 0 Å². The molecule has 0 fully saturated rings. The van der Waals surface area contributed by atoms with Crippen LogP contribution in [0.25, 0.3) is 0 Å². The Morgan fingerprint density at radius 1 is 1.54 bits per heavy atom. The van der Waals surface area contributed by atoms with Crippen molar-refractivity contribution in [2.75, 3.05) is 26.7 Å². The third-order valence-electron chi connectivity index (χ3n) is 2.24. The van der Waals surface area contributed by atoms with E-state index in [0.29, 0.717) is 6.54 Å². The maximum absolute atomic E-state index is 11.2. The summed E-state index contributed by atoms with van der Waals surface area (Å²) in [4.78, 5) is 13.3. The fourth-order valence-corrected chi connectivity index (χ4v) is 1.26. The number of likely N-dealkylation sites (N-methyl/N-ethyl adjacent to an activating group) is 2. The Hall–Kier alpha value is -0.610. The molecule has 1 amide bonds. The molecule has 0 aliphatic rings. The third-order valence-corrected chi connectivity index (χ3v) is 2.24. The Balaban J connectivity index is 4.32. The van der Waals surface area contributed by atoms with Crippen molar-refractivity contribution in [2.45, 2.75) is 26.3 Å². The van der Waals surface area contributed by atoms with E-state index in [-0.39, 0.29) is 5.91 Å². The molecule has 4 heteroatoms. The fourth-order valence-electron chi connectivity index (χ4n) is 1.26. The summed E-state index contributed by atoms with van der Waals surface area (Å²) in [6.45, 7) is 8.16. The van der Waals surface area contributed by atoms with Gasteiger partial charge in [-0.2, -0.15) is 0 Å². The van der Waals surface area contributed by atoms with E-state index < -0.39 is 5.54 Å². The van der Waals surface area contributed by atoms with Crippen LogP contribution in [-0.4, -0.2) is 43.0 Å². The van der Waals surface area contributed by atoms with Crippen molar-refractivity contribution in [3.63, 3.8) is 0 Å². The van der Waals surface area contributed by atoms with Crippen LogP contribution in [-0.2, 0) is 4.79 Å². The predicted octanol–water partition coefficient (Wildman–Crippen LogP) is -0.208. The number of amides is 1. The average molecular weight is 187 g/mol. The molecule has 0 aliphatic heterocycles. The maximum Gasteiger partial charge on any atom is 0.238 e. The van der Waals surface area contributed by atoms with Gasteiger partial charge in [0, 0.05) is 6.54 Å². The van der Waals surface area contributed by atoms with E-state index >= 15 is 0 Å². The first kappa shape index (κ1) is 12.4. The molecule has 0 rings (SSSR count). The van der Waals surface area contributed by atoms with Crippen LogP contribution in [0.1, 0.15) is 20.8 Å². The first-order valence-corrected chi connectivity index (χ1v) is 4.69. The van der Waals surface area contributed by atoms with Gasteiger partial charge in [-0.1, -0.05) is 13.8 Å². The highest BCUT2D eigenvalue weighted by molar-refractivity contribution is 5.84. The van der Waals surface area contributed by atoms with Crippen molar-refractivity contribution in [3.8, 4) is 0 Å². The van der Waals surface area contributed by atoms with Gasteiger partial charge in [-0.25, -0.2) is 0 Å². The minimum Gasteiger partial charge on any atom is -0.368 e. The Kier molecular flexibility index (Phi) is 4.95. The van der Waals surface area contributed by atoms with E-state index in [0.717, 1.165) is 13.1 Å². The lowest BCUT2D eigenvalue weighted by atomic mass is 10.0. The summed E-state index contributed by atoms with van der Waals surface area (Å²) in [6.07, 6.45) is 0. The number of carbonyl (C=O) groups excluding carboxylic acids is 1. The van der Waals surface area contributed by atoms with Gasteiger partial charge in [-0.05, 0) is 27.1 Å². The Morgan fingerprint density at radius 3 is 2.38 bits per heavy atom. The summed E-state index contributed by atoms with van der Waals surface area (Å²) in [7, 11) is 1.97. The van der Waals surface area contributed by atoms with Crippen LogP contribution in [0, 0.1) is 0 Å². The minimum absolute atomic E-state index is 0.297. The molecule has 0 aromatic rings. The molecule has 78 valence electrons. The normalized spacial score (nSPS) is 15.8. The van der Waals surface area contributed by atoms with Gasteiger partial charge in [0.1, 0.15) is 5.54 Å². The smallest absolute Gasteiger partial charge is 0.238 e. The second kappa shape index (κ2) is 5.19. The van der Waals surface area contributed by atoms with Crippen LogP contribution in [0.15, 0.2) is 0 Å². The zero-order valence-electron chi connectivity index (χ0n) is 9.05. The molecular formula is C9H21N3O. The molecule has 0 aromatic heterocycles. The zero-order chi connectivity index (χ0) is 10.5. The predicted molar refractivity (Wildman–Crippen MR) is 54.4 cm³/mol. The molecule has 0 aromatic carbocycles. The van der Waals surface area contributed by atoms with Gasteiger partial charge < -0.3 is 16.0 Å². The van der Waals surface area contributed by atoms with Crippen LogP contribution in [0.5, 0.6) is 0 Å². The molecule has 1 unspecified atom stereocenters. The molecule has 0 aliphatic carbocycles. The maximum atomic E-state index is 11.2. The van der Waals surface area contributed by atoms with Crippen LogP contribution >= 0.6 is 0 Å². The minimum atomic E-state index is -0.612. The zero-order valence-corrected chi connectivity index (χ0v) is 9.05. The van der Waals surface area contributed by atoms with Gasteiger partial charge in [-0.15, -0.1) is 0 Å². The number of rotatable bonds is 6. The summed E-state index contributed by atoms with van der Waals surface area (Å²) in [5.74, 6) is -0.297. The van der Waals surface area contributed by atoms with Crippen LogP contribution in [0.4, 0.5) is 0 Å². The average Bonchev–Trinajstić information content (AvgIpc) is 2.04. The number of carbonyl (C=O) groups is 1. The quantitative estimate of drug-likeness (QED) is 0.605. The lowest BCUT2D eigenvalue weighted by Gasteiger charge is -2.31. The van der Waals surface area contributed by atoms with Gasteiger partial charge in [-0.3, -0.25) is 4.79 Å². The van der Waals surface area contributed by atoms with Gasteiger partial charge in [0.05, 0.1) is 0 Å². The van der Waals surface area contributed by atoms with Gasteiger partial charge in [0.2, 0.25) is 5.91 Å². The van der Waals surface area contributed by atoms with Crippen molar-refractivity contribution < 1.29 is 4.79 Å². The monoisotopic (exact) mass is 187 g/mol. The lowest BCUT2D eigenvalue weighted by Crippen LogP contribution is -2.59. The van der Waals surface area contributed by atoms with Crippen LogP contribution in [0.2, 0.25) is 0 Å². The van der Waals surface area contributed by atoms with Gasteiger partial charge in [0.25, 0.3) is 0 Å². The molecule has 4 nitrogen and oxygen atoms in total. The highest BCUT2D eigenvalue weighted by Crippen LogP contribution is 2.04. The first-order chi connectivity index (χ1) is 5.96. The molecule has 0 heterocycles. The standard InChI is InChI=1S/C9H21N3O/c1-5-11-9(3,8(10)13)7-12(4)6-2/h11H,5-7H2,1-4H3,(H2,10,13). The number of hydrogen-bond donors (Lipinski definition) is 2. The van der Waals surface area contributed by atoms with Gasteiger partial charge in [0.15, 0.2) is 0 Å². The largest absolute Gasteiger partial charge is 0.368 e. The molecule has 0 saturated heterocycles. The highest BCUT2D eigenvalue weighted by Gasteiger charge is 2.30. The van der Waals surface area contributed by atoms with Crippen LogP contribution < -0.4 is 11.1 Å². The Labute approximate surface area is 80.5 Å². The summed E-state index contributed by atoms with van der Waals surface area (Å²) in [5, 5.41) is 3.11. The molecule has 13 heavy (non-hydrogen) atoms. The van der Waals surface area contributed by atoms with Crippen molar-refractivity contribution in [1.29, 1.82) is 0 Å². The van der Waals surface area contributed by atoms with E-state index in [1.807, 2.05) is 27.8 Å². The van der Waals surface area contributed by atoms with E-state index in [9.17, 15) is 4.79 Å². The molecule has 0 bridgehead atoms. The number of nitrogens with zero attached hydrogens (tertiary/aromatic N) is 1. The fraction of sp³-hybridized carbons (Fsp3) is 0.889. The molecule has 3 N–H and O–H groups in total. The van der Waals surface area contributed by atoms with Crippen molar-refractivity contribution in [1.82, 2.24) is 10.2 Å². The third kappa shape index (κ3) is 3.74. The SMILES string of the molecule is CCNC(C)(CN(C)CC)C(N)=O. The topological polar surface area (TPSA) is 58.4 Å². The van der Waals surface area contributed by atoms with E-state index in [4.69, 9.17) is 5.73 Å². The summed E-state index contributed by atoms with van der Waals surface area (Å²) >= 11 is 0. The molecular weight excluding hydrogens is 166 g/mol. The van der Waals surface area contributed by atoms with E-state index in [1.54, 1.807) is 0 Å². The van der Waals surface area contributed by atoms with E-state index in [2.05, 4.69) is 10.2 Å². The molecule has 1 atom stereocenters. The highest BCUT2D eigenvalue weighted by atomic mass is 16.1. The van der Waals surface area contributed by atoms with Crippen LogP contribution in [0.3, 0.4) is 0 Å². The first-order valence-electron chi connectivity index (χ1n) is 4.69. The number of nitrogens with one attached hydrogen (secondary N) is 1. The Bertz CT molecular complexity index is 172. The summed E-state index contributed by atoms with van der Waals surface area (Å²) < 4.78 is 0. The molecule has 0 spiro atoms.